The Bertz CT molecular complexity index is 690. The topological polar surface area (TPSA) is 64.6 Å². The summed E-state index contributed by atoms with van der Waals surface area (Å²) in [7, 11) is 7.00. The van der Waals surface area contributed by atoms with Crippen molar-refractivity contribution in [2.24, 2.45) is 0 Å². The van der Waals surface area contributed by atoms with Gasteiger partial charge in [0.05, 0.1) is 7.11 Å². The summed E-state index contributed by atoms with van der Waals surface area (Å²) in [5, 5.41) is 2.53. The van der Waals surface area contributed by atoms with E-state index in [1.165, 1.54) is 7.11 Å². The number of esters is 1. The van der Waals surface area contributed by atoms with E-state index in [-0.39, 0.29) is 13.0 Å². The summed E-state index contributed by atoms with van der Waals surface area (Å²) in [5.41, 5.74) is 2.26. The number of methoxy groups -OCH3 is 1. The summed E-state index contributed by atoms with van der Waals surface area (Å²) in [5.74, 6) is -0.547. The Hall–Kier alpha value is -2.76. The summed E-state index contributed by atoms with van der Waals surface area (Å²) >= 11 is 0. The van der Waals surface area contributed by atoms with Crippen molar-refractivity contribution in [3.63, 3.8) is 0 Å². The van der Waals surface area contributed by atoms with Gasteiger partial charge in [0.2, 0.25) is 0 Å². The number of hydrogen-bond acceptors (Lipinski definition) is 4. The zero-order valence-electron chi connectivity index (χ0n) is 13.4. The predicted molar refractivity (Wildman–Crippen MR) is 91.1 cm³/mol. The molecule has 0 aliphatic carbocycles. The fourth-order valence-corrected chi connectivity index (χ4v) is 2.20. The molecule has 0 fully saturated rings. The molecule has 0 spiro atoms. The second kappa shape index (κ2) is 8.77. The fourth-order valence-electron chi connectivity index (χ4n) is 2.20. The largest absolute Gasteiger partial charge is 0.467 e. The lowest BCUT2D eigenvalue weighted by molar-refractivity contribution is -0.143. The van der Waals surface area contributed by atoms with Gasteiger partial charge in [0.25, 0.3) is 0 Å². The van der Waals surface area contributed by atoms with Crippen LogP contribution in [0.2, 0.25) is 0 Å². The predicted octanol–water partition coefficient (Wildman–Crippen LogP) is 1.49. The fraction of sp³-hybridized carbons (Fsp3) is 0.222. The molecule has 2 aromatic carbocycles. The van der Waals surface area contributed by atoms with Crippen molar-refractivity contribution in [1.82, 2.24) is 5.32 Å². The summed E-state index contributed by atoms with van der Waals surface area (Å²) in [4.78, 5) is 23.8. The molecular formula is C18H18BNO4. The average molecular weight is 323 g/mol. The Balaban J connectivity index is 1.95. The van der Waals surface area contributed by atoms with E-state index in [0.717, 1.165) is 11.1 Å². The first-order valence-corrected chi connectivity index (χ1v) is 7.48. The average Bonchev–Trinajstić information content (AvgIpc) is 2.59. The third-order valence-electron chi connectivity index (χ3n) is 3.38. The second-order valence-corrected chi connectivity index (χ2v) is 5.23. The molecule has 2 aromatic rings. The lowest BCUT2D eigenvalue weighted by atomic mass is 9.93. The third-order valence-corrected chi connectivity index (χ3v) is 3.38. The van der Waals surface area contributed by atoms with Crippen LogP contribution < -0.4 is 10.8 Å². The maximum Gasteiger partial charge on any atom is 0.408 e. The number of alkyl carbamates (subject to hydrolysis) is 1. The first-order chi connectivity index (χ1) is 11.6. The zero-order chi connectivity index (χ0) is 17.4. The van der Waals surface area contributed by atoms with Gasteiger partial charge >= 0.3 is 12.1 Å². The highest BCUT2D eigenvalue weighted by Gasteiger charge is 2.22. The highest BCUT2D eigenvalue weighted by molar-refractivity contribution is 6.32. The standard InChI is InChI=1S/C18H18BNO4/c1-23-17(21)16(11-14-8-5-9-15(19)10-14)20-18(22)24-12-13-6-3-2-4-7-13/h2-10,16H,11-12H2,1H3,(H,20,22)/t16-/m0/s1. The monoisotopic (exact) mass is 323 g/mol. The van der Waals surface area contributed by atoms with Crippen molar-refractivity contribution in [3.8, 4) is 0 Å². The number of benzene rings is 2. The van der Waals surface area contributed by atoms with Gasteiger partial charge in [0, 0.05) is 6.42 Å². The van der Waals surface area contributed by atoms with Crippen molar-refractivity contribution in [3.05, 3.63) is 65.7 Å². The van der Waals surface area contributed by atoms with Gasteiger partial charge in [-0.15, -0.1) is 0 Å². The van der Waals surface area contributed by atoms with Gasteiger partial charge in [-0.2, -0.15) is 0 Å². The van der Waals surface area contributed by atoms with Gasteiger partial charge in [-0.05, 0) is 11.1 Å². The second-order valence-electron chi connectivity index (χ2n) is 5.23. The normalized spacial score (nSPS) is 11.4. The van der Waals surface area contributed by atoms with Crippen molar-refractivity contribution in [1.29, 1.82) is 0 Å². The minimum atomic E-state index is -0.847. The molecule has 1 N–H and O–H groups in total. The number of hydrogen-bond donors (Lipinski definition) is 1. The van der Waals surface area contributed by atoms with Gasteiger partial charge in [-0.1, -0.05) is 60.1 Å². The molecule has 1 atom stereocenters. The lowest BCUT2D eigenvalue weighted by Gasteiger charge is -2.17. The molecule has 2 radical (unpaired) electrons. The first kappa shape index (κ1) is 17.6. The van der Waals surface area contributed by atoms with E-state index in [2.05, 4.69) is 5.32 Å². The zero-order valence-corrected chi connectivity index (χ0v) is 13.4. The van der Waals surface area contributed by atoms with Gasteiger partial charge in [-0.3, -0.25) is 0 Å². The number of rotatable bonds is 6. The molecule has 0 aromatic heterocycles. The summed E-state index contributed by atoms with van der Waals surface area (Å²) in [6.45, 7) is 0.124. The van der Waals surface area contributed by atoms with Crippen molar-refractivity contribution < 1.29 is 19.1 Å². The molecule has 5 nitrogen and oxygen atoms in total. The van der Waals surface area contributed by atoms with Crippen molar-refractivity contribution >= 4 is 25.4 Å². The Kier molecular flexibility index (Phi) is 6.43. The number of amides is 1. The van der Waals surface area contributed by atoms with Crippen LogP contribution in [0.4, 0.5) is 4.79 Å². The van der Waals surface area contributed by atoms with Crippen LogP contribution in [-0.4, -0.2) is 33.1 Å². The minimum absolute atomic E-state index is 0.124. The van der Waals surface area contributed by atoms with E-state index in [0.29, 0.717) is 5.46 Å². The van der Waals surface area contributed by atoms with Crippen LogP contribution >= 0.6 is 0 Å². The van der Waals surface area contributed by atoms with Gasteiger partial charge in [0.15, 0.2) is 0 Å². The molecule has 0 aliphatic heterocycles. The van der Waals surface area contributed by atoms with E-state index in [1.54, 1.807) is 18.2 Å². The summed E-state index contributed by atoms with van der Waals surface area (Å²) in [6, 6.07) is 15.5. The Labute approximate surface area is 142 Å². The highest BCUT2D eigenvalue weighted by atomic mass is 16.6. The lowest BCUT2D eigenvalue weighted by Crippen LogP contribution is -2.43. The number of ether oxygens (including phenoxy) is 2. The van der Waals surface area contributed by atoms with Crippen LogP contribution in [0.3, 0.4) is 0 Å². The number of carbonyl (C=O) groups is 2. The van der Waals surface area contributed by atoms with E-state index >= 15 is 0 Å². The molecule has 24 heavy (non-hydrogen) atoms. The van der Waals surface area contributed by atoms with Gasteiger partial charge in [-0.25, -0.2) is 9.59 Å². The Morgan fingerprint density at radius 2 is 1.79 bits per heavy atom. The van der Waals surface area contributed by atoms with E-state index in [9.17, 15) is 9.59 Å². The molecule has 0 aliphatic rings. The molecule has 0 bridgehead atoms. The van der Waals surface area contributed by atoms with Crippen LogP contribution in [0.25, 0.3) is 0 Å². The third kappa shape index (κ3) is 5.46. The smallest absolute Gasteiger partial charge is 0.408 e. The van der Waals surface area contributed by atoms with Gasteiger partial charge in [0.1, 0.15) is 20.5 Å². The minimum Gasteiger partial charge on any atom is -0.467 e. The van der Waals surface area contributed by atoms with Gasteiger partial charge < -0.3 is 14.8 Å². The molecule has 0 saturated heterocycles. The van der Waals surface area contributed by atoms with Crippen molar-refractivity contribution in [2.75, 3.05) is 7.11 Å². The van der Waals surface area contributed by atoms with Crippen LogP contribution in [0.1, 0.15) is 11.1 Å². The van der Waals surface area contributed by atoms with Crippen LogP contribution in [-0.2, 0) is 27.3 Å². The SMILES string of the molecule is [B]c1cccc(C[C@H](NC(=O)OCc2ccccc2)C(=O)OC)c1. The molecule has 0 saturated carbocycles. The first-order valence-electron chi connectivity index (χ1n) is 7.48. The highest BCUT2D eigenvalue weighted by Crippen LogP contribution is 2.05. The Morgan fingerprint density at radius 1 is 1.08 bits per heavy atom. The molecule has 0 heterocycles. The van der Waals surface area contributed by atoms with Crippen molar-refractivity contribution in [2.45, 2.75) is 19.1 Å². The van der Waals surface area contributed by atoms with Crippen LogP contribution in [0.5, 0.6) is 0 Å². The van der Waals surface area contributed by atoms with E-state index in [4.69, 9.17) is 17.3 Å². The van der Waals surface area contributed by atoms with E-state index < -0.39 is 18.1 Å². The maximum absolute atomic E-state index is 11.9. The molecule has 0 unspecified atom stereocenters. The van der Waals surface area contributed by atoms with Crippen LogP contribution in [0.15, 0.2) is 54.6 Å². The molecule has 1 amide bonds. The summed E-state index contributed by atoms with van der Waals surface area (Å²) in [6.07, 6.45) is -0.420. The van der Waals surface area contributed by atoms with Crippen LogP contribution in [0, 0.1) is 0 Å². The maximum atomic E-state index is 11.9. The molecule has 6 heteroatoms. The Morgan fingerprint density at radius 3 is 2.46 bits per heavy atom. The molecule has 2 rings (SSSR count). The quantitative estimate of drug-likeness (QED) is 0.646. The molecule has 122 valence electrons. The number of carbonyl (C=O) groups excluding carboxylic acids is 2. The molecular weight excluding hydrogens is 305 g/mol. The number of nitrogens with one attached hydrogen (secondary N) is 1. The summed E-state index contributed by atoms with van der Waals surface area (Å²) < 4.78 is 9.87. The van der Waals surface area contributed by atoms with E-state index in [1.807, 2.05) is 36.4 Å².